The number of oxazole rings is 1. The lowest BCUT2D eigenvalue weighted by Gasteiger charge is -2.41. The van der Waals surface area contributed by atoms with Crippen LogP contribution < -0.4 is 5.32 Å². The van der Waals surface area contributed by atoms with E-state index in [4.69, 9.17) is 9.15 Å². The lowest BCUT2D eigenvalue weighted by Crippen LogP contribution is -2.54. The fourth-order valence-corrected chi connectivity index (χ4v) is 2.93. The van der Waals surface area contributed by atoms with E-state index in [1.165, 1.54) is 0 Å². The molecule has 1 N–H and O–H groups in total. The number of hydrogen-bond acceptors (Lipinski definition) is 4. The number of carbonyl (C=O) groups excluding carboxylic acids is 1. The van der Waals surface area contributed by atoms with Gasteiger partial charge in [0.15, 0.2) is 11.5 Å². The molecule has 6 nitrogen and oxygen atoms in total. The van der Waals surface area contributed by atoms with Crippen LogP contribution in [0.15, 0.2) is 22.6 Å². The first kappa shape index (κ1) is 14.8. The Bertz CT molecular complexity index is 708. The van der Waals surface area contributed by atoms with Crippen molar-refractivity contribution in [1.82, 2.24) is 9.88 Å². The third kappa shape index (κ3) is 3.06. The van der Waals surface area contributed by atoms with Crippen LogP contribution in [0.2, 0.25) is 0 Å². The third-order valence-electron chi connectivity index (χ3n) is 3.60. The van der Waals surface area contributed by atoms with Crippen molar-refractivity contribution in [3.05, 3.63) is 24.1 Å². The molecule has 0 saturated carbocycles. The molecule has 1 aliphatic heterocycles. The van der Waals surface area contributed by atoms with Gasteiger partial charge in [0, 0.05) is 25.2 Å². The summed E-state index contributed by atoms with van der Waals surface area (Å²) in [4.78, 5) is 18.5. The van der Waals surface area contributed by atoms with Crippen LogP contribution in [0, 0.1) is 6.92 Å². The van der Waals surface area contributed by atoms with E-state index in [-0.39, 0.29) is 17.7 Å². The lowest BCUT2D eigenvalue weighted by molar-refractivity contribution is -0.116. The Kier molecular flexibility index (Phi) is 3.56. The monoisotopic (exact) mass is 303 g/mol. The number of benzene rings is 1. The van der Waals surface area contributed by atoms with Gasteiger partial charge in [0.05, 0.1) is 18.2 Å². The van der Waals surface area contributed by atoms with Crippen LogP contribution in [0.4, 0.5) is 10.5 Å². The predicted octanol–water partition coefficient (Wildman–Crippen LogP) is 3.17. The topological polar surface area (TPSA) is 67.6 Å². The van der Waals surface area contributed by atoms with Gasteiger partial charge in [0.25, 0.3) is 0 Å². The molecule has 2 amide bonds. The number of aryl methyl sites for hydroxylation is 1. The van der Waals surface area contributed by atoms with Crippen molar-refractivity contribution in [2.75, 3.05) is 18.4 Å². The minimum atomic E-state index is -0.332. The van der Waals surface area contributed by atoms with E-state index in [0.29, 0.717) is 30.3 Å². The first-order chi connectivity index (χ1) is 10.3. The van der Waals surface area contributed by atoms with Gasteiger partial charge in [-0.05, 0) is 32.9 Å². The number of nitrogens with one attached hydrogen (secondary N) is 1. The van der Waals surface area contributed by atoms with Gasteiger partial charge in [0.1, 0.15) is 5.52 Å². The van der Waals surface area contributed by atoms with Crippen molar-refractivity contribution in [3.63, 3.8) is 0 Å². The maximum atomic E-state index is 12.5. The Morgan fingerprint density at radius 1 is 1.45 bits per heavy atom. The standard InChI is InChI=1S/C16H21N3O3/c1-10-8-19(9-16(3,4)22-10)15(20)18-12-5-6-13-14(7-12)21-11(2)17-13/h5-7,10H,8-9H2,1-4H3,(H,18,20). The van der Waals surface area contributed by atoms with Gasteiger partial charge in [-0.25, -0.2) is 9.78 Å². The molecule has 0 bridgehead atoms. The Morgan fingerprint density at radius 3 is 2.95 bits per heavy atom. The highest BCUT2D eigenvalue weighted by molar-refractivity contribution is 5.91. The summed E-state index contributed by atoms with van der Waals surface area (Å²) >= 11 is 0. The van der Waals surface area contributed by atoms with Crippen molar-refractivity contribution in [2.24, 2.45) is 0 Å². The zero-order valence-corrected chi connectivity index (χ0v) is 13.3. The molecule has 0 spiro atoms. The van der Waals surface area contributed by atoms with Crippen molar-refractivity contribution in [3.8, 4) is 0 Å². The third-order valence-corrected chi connectivity index (χ3v) is 3.60. The Labute approximate surface area is 129 Å². The molecule has 6 heteroatoms. The first-order valence-corrected chi connectivity index (χ1v) is 7.43. The van der Waals surface area contributed by atoms with Gasteiger partial charge in [-0.2, -0.15) is 0 Å². The molecule has 2 aromatic rings. The maximum Gasteiger partial charge on any atom is 0.322 e. The number of anilines is 1. The molecule has 22 heavy (non-hydrogen) atoms. The normalized spacial score (nSPS) is 21.1. The van der Waals surface area contributed by atoms with Crippen LogP contribution >= 0.6 is 0 Å². The molecular weight excluding hydrogens is 282 g/mol. The molecule has 1 unspecified atom stereocenters. The summed E-state index contributed by atoms with van der Waals surface area (Å²) in [6.07, 6.45) is 0.0221. The summed E-state index contributed by atoms with van der Waals surface area (Å²) in [7, 11) is 0. The summed E-state index contributed by atoms with van der Waals surface area (Å²) in [5.41, 5.74) is 1.83. The predicted molar refractivity (Wildman–Crippen MR) is 84.0 cm³/mol. The molecule has 1 aliphatic rings. The second-order valence-corrected chi connectivity index (χ2v) is 6.41. The van der Waals surface area contributed by atoms with Gasteiger partial charge in [0.2, 0.25) is 0 Å². The Hall–Kier alpha value is -2.08. The number of amides is 2. The quantitative estimate of drug-likeness (QED) is 0.878. The van der Waals surface area contributed by atoms with Crippen LogP contribution in [0.3, 0.4) is 0 Å². The summed E-state index contributed by atoms with van der Waals surface area (Å²) in [5.74, 6) is 0.613. The number of hydrogen-bond donors (Lipinski definition) is 1. The van der Waals surface area contributed by atoms with E-state index in [1.807, 2.05) is 32.9 Å². The van der Waals surface area contributed by atoms with E-state index >= 15 is 0 Å². The highest BCUT2D eigenvalue weighted by Crippen LogP contribution is 2.23. The number of aromatic nitrogens is 1. The van der Waals surface area contributed by atoms with Crippen molar-refractivity contribution in [2.45, 2.75) is 39.4 Å². The average Bonchev–Trinajstić information content (AvgIpc) is 2.75. The fraction of sp³-hybridized carbons (Fsp3) is 0.500. The second-order valence-electron chi connectivity index (χ2n) is 6.41. The fourth-order valence-electron chi connectivity index (χ4n) is 2.93. The first-order valence-electron chi connectivity index (χ1n) is 7.43. The van der Waals surface area contributed by atoms with Crippen molar-refractivity contribution < 1.29 is 13.9 Å². The number of fused-ring (bicyclic) bond motifs is 1. The second kappa shape index (κ2) is 5.28. The molecule has 1 atom stereocenters. The van der Waals surface area contributed by atoms with Crippen LogP contribution in [0.1, 0.15) is 26.7 Å². The largest absolute Gasteiger partial charge is 0.441 e. The SMILES string of the molecule is Cc1nc2ccc(NC(=O)N3CC(C)OC(C)(C)C3)cc2o1. The molecule has 0 aliphatic carbocycles. The lowest BCUT2D eigenvalue weighted by atomic mass is 10.1. The molecule has 1 fully saturated rings. The van der Waals surface area contributed by atoms with Crippen LogP contribution in [-0.4, -0.2) is 40.7 Å². The van der Waals surface area contributed by atoms with E-state index in [0.717, 1.165) is 5.52 Å². The Balaban J connectivity index is 1.74. The molecule has 1 aromatic carbocycles. The number of ether oxygens (including phenoxy) is 1. The van der Waals surface area contributed by atoms with Crippen molar-refractivity contribution in [1.29, 1.82) is 0 Å². The molecule has 2 heterocycles. The Morgan fingerprint density at radius 2 is 2.23 bits per heavy atom. The summed E-state index contributed by atoms with van der Waals surface area (Å²) in [6.45, 7) is 8.91. The molecule has 3 rings (SSSR count). The number of carbonyl (C=O) groups is 1. The van der Waals surface area contributed by atoms with Gasteiger partial charge < -0.3 is 19.4 Å². The smallest absolute Gasteiger partial charge is 0.322 e. The van der Waals surface area contributed by atoms with E-state index < -0.39 is 0 Å². The zero-order chi connectivity index (χ0) is 15.9. The van der Waals surface area contributed by atoms with E-state index in [2.05, 4.69) is 10.3 Å². The van der Waals surface area contributed by atoms with Crippen molar-refractivity contribution >= 4 is 22.8 Å². The highest BCUT2D eigenvalue weighted by Gasteiger charge is 2.33. The molecule has 0 radical (unpaired) electrons. The summed E-state index contributed by atoms with van der Waals surface area (Å²) in [5, 5.41) is 2.92. The van der Waals surface area contributed by atoms with E-state index in [9.17, 15) is 4.79 Å². The summed E-state index contributed by atoms with van der Waals surface area (Å²) < 4.78 is 11.3. The van der Waals surface area contributed by atoms with Crippen LogP contribution in [-0.2, 0) is 4.74 Å². The van der Waals surface area contributed by atoms with Gasteiger partial charge >= 0.3 is 6.03 Å². The van der Waals surface area contributed by atoms with E-state index in [1.54, 1.807) is 17.9 Å². The van der Waals surface area contributed by atoms with Crippen LogP contribution in [0.5, 0.6) is 0 Å². The van der Waals surface area contributed by atoms with Crippen LogP contribution in [0.25, 0.3) is 11.1 Å². The molecule has 1 aromatic heterocycles. The number of urea groups is 1. The maximum absolute atomic E-state index is 12.5. The minimum Gasteiger partial charge on any atom is -0.441 e. The average molecular weight is 303 g/mol. The zero-order valence-electron chi connectivity index (χ0n) is 13.3. The van der Waals surface area contributed by atoms with Gasteiger partial charge in [-0.3, -0.25) is 0 Å². The highest BCUT2D eigenvalue weighted by atomic mass is 16.5. The number of rotatable bonds is 1. The molecule has 1 saturated heterocycles. The van der Waals surface area contributed by atoms with Gasteiger partial charge in [-0.15, -0.1) is 0 Å². The minimum absolute atomic E-state index is 0.0221. The van der Waals surface area contributed by atoms with Gasteiger partial charge in [-0.1, -0.05) is 0 Å². The number of nitrogens with zero attached hydrogens (tertiary/aromatic N) is 2. The summed E-state index contributed by atoms with van der Waals surface area (Å²) in [6, 6.07) is 5.34. The molecular formula is C16H21N3O3. The molecule has 118 valence electrons. The number of morpholine rings is 1.